The van der Waals surface area contributed by atoms with Crippen LogP contribution < -0.4 is 15.4 Å². The number of sulfonamides is 1. The summed E-state index contributed by atoms with van der Waals surface area (Å²) >= 11 is 0. The van der Waals surface area contributed by atoms with Crippen molar-refractivity contribution in [1.82, 2.24) is 10.0 Å². The van der Waals surface area contributed by atoms with E-state index in [4.69, 9.17) is 9.15 Å². The summed E-state index contributed by atoms with van der Waals surface area (Å²) in [5.74, 6) is -3.14. The fourth-order valence-corrected chi connectivity index (χ4v) is 3.36. The first-order chi connectivity index (χ1) is 14.1. The number of benzene rings is 1. The summed E-state index contributed by atoms with van der Waals surface area (Å²) in [6, 6.07) is 6.77. The van der Waals surface area contributed by atoms with Gasteiger partial charge in [-0.1, -0.05) is 0 Å². The second-order valence-electron chi connectivity index (χ2n) is 6.01. The van der Waals surface area contributed by atoms with Crippen molar-refractivity contribution in [3.05, 3.63) is 48.4 Å². The molecule has 0 saturated heterocycles. The van der Waals surface area contributed by atoms with Crippen LogP contribution >= 0.6 is 0 Å². The van der Waals surface area contributed by atoms with Crippen molar-refractivity contribution in [3.63, 3.8) is 0 Å². The van der Waals surface area contributed by atoms with Crippen molar-refractivity contribution in [2.24, 2.45) is 0 Å². The molecule has 30 heavy (non-hydrogen) atoms. The average molecular weight is 437 g/mol. The molecule has 1 atom stereocenters. The summed E-state index contributed by atoms with van der Waals surface area (Å²) in [5, 5.41) is 4.45. The number of amides is 3. The lowest BCUT2D eigenvalue weighted by molar-refractivity contribution is -0.149. The molecule has 12 heteroatoms. The van der Waals surface area contributed by atoms with E-state index >= 15 is 0 Å². The van der Waals surface area contributed by atoms with Crippen molar-refractivity contribution < 1.29 is 36.7 Å². The van der Waals surface area contributed by atoms with Gasteiger partial charge in [-0.2, -0.15) is 4.72 Å². The van der Waals surface area contributed by atoms with Crippen LogP contribution in [0.2, 0.25) is 0 Å². The molecular formula is C18H19N3O8S. The topological polar surface area (TPSA) is 161 Å². The van der Waals surface area contributed by atoms with Gasteiger partial charge in [0.1, 0.15) is 6.04 Å². The molecule has 0 spiro atoms. The highest BCUT2D eigenvalue weighted by atomic mass is 32.2. The minimum atomic E-state index is -4.07. The zero-order chi connectivity index (χ0) is 22.3. The molecule has 3 N–H and O–H groups in total. The lowest BCUT2D eigenvalue weighted by Gasteiger charge is -2.14. The van der Waals surface area contributed by atoms with E-state index < -0.39 is 40.5 Å². The quantitative estimate of drug-likeness (QED) is 0.500. The maximum absolute atomic E-state index is 12.4. The van der Waals surface area contributed by atoms with E-state index in [1.54, 1.807) is 0 Å². The van der Waals surface area contributed by atoms with Gasteiger partial charge in [-0.25, -0.2) is 8.42 Å². The van der Waals surface area contributed by atoms with Crippen LogP contribution in [0.5, 0.6) is 0 Å². The molecule has 0 aliphatic heterocycles. The maximum atomic E-state index is 12.4. The van der Waals surface area contributed by atoms with Gasteiger partial charge in [0.2, 0.25) is 15.9 Å². The van der Waals surface area contributed by atoms with E-state index in [1.165, 1.54) is 56.5 Å². The predicted octanol–water partition coefficient (Wildman–Crippen LogP) is 0.405. The number of anilines is 1. The summed E-state index contributed by atoms with van der Waals surface area (Å²) in [4.78, 5) is 46.1. The zero-order valence-corrected chi connectivity index (χ0v) is 16.8. The molecule has 2 rings (SSSR count). The Hall–Kier alpha value is -3.51. The van der Waals surface area contributed by atoms with Crippen molar-refractivity contribution in [2.45, 2.75) is 24.8 Å². The second kappa shape index (κ2) is 9.80. The molecule has 11 nitrogen and oxygen atoms in total. The first-order valence-electron chi connectivity index (χ1n) is 8.53. The number of nitrogens with one attached hydrogen (secondary N) is 3. The van der Waals surface area contributed by atoms with Gasteiger partial charge in [0.05, 0.1) is 11.2 Å². The molecular weight excluding hydrogens is 418 g/mol. The van der Waals surface area contributed by atoms with Gasteiger partial charge in [-0.05, 0) is 43.3 Å². The smallest absolute Gasteiger partial charge is 0.324 e. The molecule has 160 valence electrons. The highest BCUT2D eigenvalue weighted by Crippen LogP contribution is 2.14. The van der Waals surface area contributed by atoms with Gasteiger partial charge in [-0.3, -0.25) is 24.5 Å². The minimum Gasteiger partial charge on any atom is -0.459 e. The van der Waals surface area contributed by atoms with E-state index in [0.29, 0.717) is 5.69 Å². The van der Waals surface area contributed by atoms with E-state index in [2.05, 4.69) is 10.0 Å². The predicted molar refractivity (Wildman–Crippen MR) is 103 cm³/mol. The molecule has 0 saturated carbocycles. The summed E-state index contributed by atoms with van der Waals surface area (Å²) < 4.78 is 36.4. The highest BCUT2D eigenvalue weighted by Gasteiger charge is 2.24. The fourth-order valence-electron chi connectivity index (χ4n) is 2.16. The summed E-state index contributed by atoms with van der Waals surface area (Å²) in [5.41, 5.74) is 0.406. The molecule has 1 heterocycles. The Balaban J connectivity index is 1.87. The summed E-state index contributed by atoms with van der Waals surface area (Å²) in [7, 11) is -4.07. The number of rotatable bonds is 8. The molecule has 0 aliphatic rings. The van der Waals surface area contributed by atoms with E-state index in [9.17, 15) is 27.6 Å². The first-order valence-corrected chi connectivity index (χ1v) is 10.0. The van der Waals surface area contributed by atoms with Crippen LogP contribution in [0, 0.1) is 0 Å². The van der Waals surface area contributed by atoms with Crippen LogP contribution in [0.4, 0.5) is 5.69 Å². The molecule has 0 radical (unpaired) electrons. The normalized spacial score (nSPS) is 11.9. The Bertz CT molecular complexity index is 1030. The molecule has 0 fully saturated rings. The number of carbonyl (C=O) groups excluding carboxylic acids is 4. The van der Waals surface area contributed by atoms with Crippen LogP contribution in [-0.4, -0.2) is 44.8 Å². The van der Waals surface area contributed by atoms with Crippen molar-refractivity contribution >= 4 is 39.4 Å². The van der Waals surface area contributed by atoms with Gasteiger partial charge in [-0.15, -0.1) is 0 Å². The van der Waals surface area contributed by atoms with Gasteiger partial charge in [0.15, 0.2) is 12.4 Å². The number of carbonyl (C=O) groups is 4. The van der Waals surface area contributed by atoms with E-state index in [-0.39, 0.29) is 16.6 Å². The molecule has 1 aromatic carbocycles. The average Bonchev–Trinajstić information content (AvgIpc) is 3.20. The number of ether oxygens (including phenoxy) is 1. The molecule has 2 aromatic rings. The van der Waals surface area contributed by atoms with Crippen molar-refractivity contribution in [3.8, 4) is 0 Å². The Morgan fingerprint density at radius 1 is 1.10 bits per heavy atom. The Morgan fingerprint density at radius 2 is 1.77 bits per heavy atom. The Kier molecular flexibility index (Phi) is 7.44. The fraction of sp³-hybridized carbons (Fsp3) is 0.222. The van der Waals surface area contributed by atoms with Crippen LogP contribution in [0.3, 0.4) is 0 Å². The van der Waals surface area contributed by atoms with Crippen molar-refractivity contribution in [1.29, 1.82) is 0 Å². The minimum absolute atomic E-state index is 0.0969. The van der Waals surface area contributed by atoms with Gasteiger partial charge in [0, 0.05) is 12.6 Å². The molecule has 1 aromatic heterocycles. The van der Waals surface area contributed by atoms with Crippen LogP contribution in [-0.2, 0) is 29.1 Å². The highest BCUT2D eigenvalue weighted by molar-refractivity contribution is 7.89. The third kappa shape index (κ3) is 6.53. The molecule has 0 unspecified atom stereocenters. The third-order valence-corrected chi connectivity index (χ3v) is 5.07. The number of hydrogen-bond donors (Lipinski definition) is 3. The summed E-state index contributed by atoms with van der Waals surface area (Å²) in [6.45, 7) is 1.76. The number of furan rings is 1. The third-order valence-electron chi connectivity index (χ3n) is 3.51. The van der Waals surface area contributed by atoms with Gasteiger partial charge >= 0.3 is 5.97 Å². The SMILES string of the molecule is CC(=O)Nc1ccc(S(=O)(=O)N[C@@H](C)C(=O)OCC(=O)NC(=O)c2ccco2)cc1. The second-order valence-corrected chi connectivity index (χ2v) is 7.72. The van der Waals surface area contributed by atoms with Crippen molar-refractivity contribution in [2.75, 3.05) is 11.9 Å². The number of esters is 1. The lowest BCUT2D eigenvalue weighted by Crippen LogP contribution is -2.41. The van der Waals surface area contributed by atoms with E-state index in [1.807, 2.05) is 5.32 Å². The largest absolute Gasteiger partial charge is 0.459 e. The van der Waals surface area contributed by atoms with Crippen LogP contribution in [0.15, 0.2) is 52.0 Å². The Labute approximate surface area is 171 Å². The number of imide groups is 1. The standard InChI is InChI=1S/C18H19N3O8S/c1-11(18(25)29-10-16(23)20-17(24)15-4-3-9-28-15)21-30(26,27)14-7-5-13(6-8-14)19-12(2)22/h3-9,11,21H,10H2,1-2H3,(H,19,22)(H,20,23,24)/t11-/m0/s1. The van der Waals surface area contributed by atoms with E-state index in [0.717, 1.165) is 0 Å². The van der Waals surface area contributed by atoms with Gasteiger partial charge in [0.25, 0.3) is 11.8 Å². The monoisotopic (exact) mass is 437 g/mol. The van der Waals surface area contributed by atoms with Gasteiger partial charge < -0.3 is 14.5 Å². The summed E-state index contributed by atoms with van der Waals surface area (Å²) in [6.07, 6.45) is 1.25. The van der Waals surface area contributed by atoms with Crippen LogP contribution in [0.1, 0.15) is 24.4 Å². The zero-order valence-electron chi connectivity index (χ0n) is 16.0. The lowest BCUT2D eigenvalue weighted by atomic mass is 10.3. The first kappa shape index (κ1) is 22.8. The maximum Gasteiger partial charge on any atom is 0.324 e. The molecule has 0 aliphatic carbocycles. The molecule has 0 bridgehead atoms. The molecule has 3 amide bonds. The number of hydrogen-bond acceptors (Lipinski definition) is 8. The van der Waals surface area contributed by atoms with Crippen LogP contribution in [0.25, 0.3) is 0 Å². The Morgan fingerprint density at radius 3 is 2.33 bits per heavy atom.